The van der Waals surface area contributed by atoms with Gasteiger partial charge in [-0.05, 0) is 25.8 Å². The Morgan fingerprint density at radius 3 is 2.76 bits per heavy atom. The summed E-state index contributed by atoms with van der Waals surface area (Å²) in [5.74, 6) is -1.30. The molecule has 0 fully saturated rings. The molecule has 0 saturated carbocycles. The first kappa shape index (κ1) is 15.2. The normalized spacial score (nSPS) is 10.6. The number of rotatable bonds is 6. The van der Waals surface area contributed by atoms with E-state index in [1.807, 2.05) is 5.38 Å². The summed E-state index contributed by atoms with van der Waals surface area (Å²) in [5, 5.41) is 14.8. The lowest BCUT2D eigenvalue weighted by Crippen LogP contribution is -2.25. The molecule has 7 heteroatoms. The number of nitrogens with one attached hydrogen (secondary N) is 2. The molecule has 2 aromatic heterocycles. The fourth-order valence-electron chi connectivity index (χ4n) is 2.21. The Bertz CT molecular complexity index is 647. The van der Waals surface area contributed by atoms with Crippen molar-refractivity contribution in [2.45, 2.75) is 26.7 Å². The number of hydrogen-bond acceptors (Lipinski definition) is 4. The highest BCUT2D eigenvalue weighted by atomic mass is 32.1. The van der Waals surface area contributed by atoms with Crippen molar-refractivity contribution in [2.24, 2.45) is 0 Å². The van der Waals surface area contributed by atoms with Crippen LogP contribution >= 0.6 is 11.3 Å². The van der Waals surface area contributed by atoms with Gasteiger partial charge in [-0.1, -0.05) is 0 Å². The number of amides is 1. The van der Waals surface area contributed by atoms with Crippen LogP contribution in [0, 0.1) is 13.8 Å². The number of nitrogens with zero attached hydrogens (tertiary/aromatic N) is 1. The monoisotopic (exact) mass is 307 g/mol. The van der Waals surface area contributed by atoms with E-state index in [9.17, 15) is 9.59 Å². The van der Waals surface area contributed by atoms with Crippen molar-refractivity contribution in [3.05, 3.63) is 39.1 Å². The second-order valence-electron chi connectivity index (χ2n) is 4.72. The van der Waals surface area contributed by atoms with Gasteiger partial charge in [0.15, 0.2) is 0 Å². The van der Waals surface area contributed by atoms with E-state index in [2.05, 4.69) is 15.3 Å². The summed E-state index contributed by atoms with van der Waals surface area (Å²) in [4.78, 5) is 30.1. The minimum Gasteiger partial charge on any atom is -0.477 e. The third-order valence-corrected chi connectivity index (χ3v) is 4.05. The molecular weight excluding hydrogens is 290 g/mol. The van der Waals surface area contributed by atoms with Crippen LogP contribution in [0.3, 0.4) is 0 Å². The van der Waals surface area contributed by atoms with Crippen LogP contribution in [-0.2, 0) is 6.42 Å². The van der Waals surface area contributed by atoms with Gasteiger partial charge in [-0.2, -0.15) is 0 Å². The van der Waals surface area contributed by atoms with E-state index >= 15 is 0 Å². The molecule has 0 spiro atoms. The van der Waals surface area contributed by atoms with Gasteiger partial charge in [0, 0.05) is 30.2 Å². The maximum absolute atomic E-state index is 12.1. The molecule has 0 aromatic carbocycles. The number of aromatic amines is 1. The number of carboxylic acids is 1. The van der Waals surface area contributed by atoms with Crippen LogP contribution in [0.1, 0.15) is 43.5 Å². The van der Waals surface area contributed by atoms with Gasteiger partial charge < -0.3 is 15.4 Å². The Balaban J connectivity index is 1.93. The molecule has 0 unspecified atom stereocenters. The van der Waals surface area contributed by atoms with E-state index in [1.54, 1.807) is 31.4 Å². The zero-order valence-corrected chi connectivity index (χ0v) is 12.7. The first-order valence-corrected chi connectivity index (χ1v) is 7.47. The highest BCUT2D eigenvalue weighted by Gasteiger charge is 2.21. The summed E-state index contributed by atoms with van der Waals surface area (Å²) in [5.41, 5.74) is 1.53. The molecule has 0 aliphatic rings. The molecular formula is C14H17N3O3S. The van der Waals surface area contributed by atoms with Gasteiger partial charge in [-0.3, -0.25) is 4.79 Å². The lowest BCUT2D eigenvalue weighted by molar-refractivity contribution is 0.0690. The Morgan fingerprint density at radius 1 is 1.43 bits per heavy atom. The maximum atomic E-state index is 12.1. The Kier molecular flexibility index (Phi) is 4.74. The SMILES string of the molecule is Cc1[nH]c(C(=O)O)c(C)c1C(=O)NCCCc1nccs1. The largest absolute Gasteiger partial charge is 0.477 e. The number of aromatic carboxylic acids is 1. The minimum absolute atomic E-state index is 0.0698. The summed E-state index contributed by atoms with van der Waals surface area (Å²) in [6.45, 7) is 3.87. The van der Waals surface area contributed by atoms with Gasteiger partial charge in [0.25, 0.3) is 5.91 Å². The van der Waals surface area contributed by atoms with Crippen LogP contribution in [-0.4, -0.2) is 33.5 Å². The molecule has 2 heterocycles. The standard InChI is InChI=1S/C14H17N3O3S/c1-8-11(9(2)17-12(8)14(19)20)13(18)16-5-3-4-10-15-6-7-21-10/h6-7,17H,3-5H2,1-2H3,(H,16,18)(H,19,20). The molecule has 1 amide bonds. The minimum atomic E-state index is -1.06. The number of aryl methyl sites for hydroxylation is 2. The van der Waals surface area contributed by atoms with E-state index in [0.717, 1.165) is 17.8 Å². The van der Waals surface area contributed by atoms with E-state index in [-0.39, 0.29) is 11.6 Å². The van der Waals surface area contributed by atoms with Crippen molar-refractivity contribution in [2.75, 3.05) is 6.54 Å². The van der Waals surface area contributed by atoms with Crippen molar-refractivity contribution in [1.82, 2.24) is 15.3 Å². The first-order chi connectivity index (χ1) is 10.0. The molecule has 2 rings (SSSR count). The van der Waals surface area contributed by atoms with Crippen LogP contribution in [0.15, 0.2) is 11.6 Å². The van der Waals surface area contributed by atoms with Crippen LogP contribution in [0.4, 0.5) is 0 Å². The molecule has 112 valence electrons. The molecule has 0 radical (unpaired) electrons. The molecule has 0 aliphatic carbocycles. The predicted molar refractivity (Wildman–Crippen MR) is 80.0 cm³/mol. The van der Waals surface area contributed by atoms with Crippen LogP contribution in [0.2, 0.25) is 0 Å². The number of carbonyl (C=O) groups is 2. The van der Waals surface area contributed by atoms with Crippen LogP contribution in [0.25, 0.3) is 0 Å². The number of aromatic nitrogens is 2. The maximum Gasteiger partial charge on any atom is 0.352 e. The van der Waals surface area contributed by atoms with Crippen molar-refractivity contribution in [1.29, 1.82) is 0 Å². The summed E-state index contributed by atoms with van der Waals surface area (Å²) < 4.78 is 0. The molecule has 6 nitrogen and oxygen atoms in total. The molecule has 0 aliphatic heterocycles. The Labute approximate surface area is 126 Å². The third kappa shape index (κ3) is 3.49. The van der Waals surface area contributed by atoms with Gasteiger partial charge in [0.2, 0.25) is 0 Å². The molecule has 2 aromatic rings. The molecule has 0 saturated heterocycles. The lowest BCUT2D eigenvalue weighted by atomic mass is 10.1. The smallest absolute Gasteiger partial charge is 0.352 e. The zero-order chi connectivity index (χ0) is 15.4. The van der Waals surface area contributed by atoms with Crippen molar-refractivity contribution in [3.63, 3.8) is 0 Å². The fraction of sp³-hybridized carbons (Fsp3) is 0.357. The van der Waals surface area contributed by atoms with E-state index in [1.165, 1.54) is 0 Å². The average Bonchev–Trinajstić information content (AvgIpc) is 3.03. The van der Waals surface area contributed by atoms with Crippen molar-refractivity contribution >= 4 is 23.2 Å². The van der Waals surface area contributed by atoms with Gasteiger partial charge in [-0.25, -0.2) is 9.78 Å². The molecule has 0 atom stereocenters. The number of H-pyrrole nitrogens is 1. The quantitative estimate of drug-likeness (QED) is 0.713. The van der Waals surface area contributed by atoms with E-state index < -0.39 is 5.97 Å². The Morgan fingerprint density at radius 2 is 2.19 bits per heavy atom. The van der Waals surface area contributed by atoms with Gasteiger partial charge in [-0.15, -0.1) is 11.3 Å². The molecule has 21 heavy (non-hydrogen) atoms. The summed E-state index contributed by atoms with van der Waals surface area (Å²) in [6, 6.07) is 0. The number of carboxylic acid groups (broad SMARTS) is 1. The molecule has 3 N–H and O–H groups in total. The highest BCUT2D eigenvalue weighted by Crippen LogP contribution is 2.17. The lowest BCUT2D eigenvalue weighted by Gasteiger charge is -2.05. The zero-order valence-electron chi connectivity index (χ0n) is 11.9. The summed E-state index contributed by atoms with van der Waals surface area (Å²) in [7, 11) is 0. The van der Waals surface area contributed by atoms with Crippen molar-refractivity contribution < 1.29 is 14.7 Å². The van der Waals surface area contributed by atoms with E-state index in [4.69, 9.17) is 5.11 Å². The molecule has 0 bridgehead atoms. The number of thiazole rings is 1. The van der Waals surface area contributed by atoms with E-state index in [0.29, 0.717) is 23.4 Å². The summed E-state index contributed by atoms with van der Waals surface area (Å²) >= 11 is 1.60. The number of hydrogen-bond donors (Lipinski definition) is 3. The van der Waals surface area contributed by atoms with Crippen molar-refractivity contribution in [3.8, 4) is 0 Å². The van der Waals surface area contributed by atoms with Gasteiger partial charge in [0.05, 0.1) is 10.6 Å². The highest BCUT2D eigenvalue weighted by molar-refractivity contribution is 7.09. The van der Waals surface area contributed by atoms with Gasteiger partial charge in [0.1, 0.15) is 5.69 Å². The summed E-state index contributed by atoms with van der Waals surface area (Å²) in [6.07, 6.45) is 3.38. The second kappa shape index (κ2) is 6.53. The predicted octanol–water partition coefficient (Wildman–Crippen LogP) is 2.15. The van der Waals surface area contributed by atoms with Gasteiger partial charge >= 0.3 is 5.97 Å². The fourth-order valence-corrected chi connectivity index (χ4v) is 2.87. The topological polar surface area (TPSA) is 95.1 Å². The van der Waals surface area contributed by atoms with Crippen LogP contribution < -0.4 is 5.32 Å². The third-order valence-electron chi connectivity index (χ3n) is 3.21. The number of carbonyl (C=O) groups excluding carboxylic acids is 1. The van der Waals surface area contributed by atoms with Crippen LogP contribution in [0.5, 0.6) is 0 Å². The first-order valence-electron chi connectivity index (χ1n) is 6.59. The Hall–Kier alpha value is -2.15. The average molecular weight is 307 g/mol. The second-order valence-corrected chi connectivity index (χ2v) is 5.69.